The highest BCUT2D eigenvalue weighted by Crippen LogP contribution is 2.17. The molecule has 6 nitrogen and oxygen atoms in total. The van der Waals surface area contributed by atoms with Crippen LogP contribution in [0.2, 0.25) is 0 Å². The van der Waals surface area contributed by atoms with Gasteiger partial charge in [-0.1, -0.05) is 42.0 Å². The smallest absolute Gasteiger partial charge is 0.251 e. The van der Waals surface area contributed by atoms with Crippen LogP contribution in [0.4, 0.5) is 0 Å². The lowest BCUT2D eigenvalue weighted by Crippen LogP contribution is -2.41. The first kappa shape index (κ1) is 20.5. The van der Waals surface area contributed by atoms with Gasteiger partial charge in [-0.15, -0.1) is 0 Å². The molecule has 0 aromatic heterocycles. The summed E-state index contributed by atoms with van der Waals surface area (Å²) in [5.74, 6) is -0.244. The predicted molar refractivity (Wildman–Crippen MR) is 109 cm³/mol. The Kier molecular flexibility index (Phi) is 6.49. The molecule has 7 heteroatoms. The number of nitrogens with zero attached hydrogens (tertiary/aromatic N) is 1. The van der Waals surface area contributed by atoms with E-state index in [0.717, 1.165) is 16.7 Å². The Balaban J connectivity index is 1.71. The summed E-state index contributed by atoms with van der Waals surface area (Å²) in [7, 11) is -3.42. The van der Waals surface area contributed by atoms with Crippen molar-refractivity contribution in [2.45, 2.75) is 26.1 Å². The molecule has 0 aliphatic carbocycles. The second-order valence-electron chi connectivity index (χ2n) is 7.04. The van der Waals surface area contributed by atoms with Crippen LogP contribution in [0.5, 0.6) is 0 Å². The highest BCUT2D eigenvalue weighted by molar-refractivity contribution is 7.88. The Bertz CT molecular complexity index is 951. The van der Waals surface area contributed by atoms with Crippen molar-refractivity contribution in [1.29, 1.82) is 0 Å². The van der Waals surface area contributed by atoms with Crippen LogP contribution in [0.3, 0.4) is 0 Å². The first-order chi connectivity index (χ1) is 13.4. The number of aryl methyl sites for hydroxylation is 2. The first-order valence-electron chi connectivity index (χ1n) is 9.34. The van der Waals surface area contributed by atoms with Crippen molar-refractivity contribution < 1.29 is 17.9 Å². The lowest BCUT2D eigenvalue weighted by molar-refractivity contribution is 0.0729. The molecular weight excluding hydrogens is 376 g/mol. The Morgan fingerprint density at radius 1 is 1.07 bits per heavy atom. The standard InChI is InChI=1S/C21H26N2O4S/c1-16-7-8-20(17(2)13-16)21(24)22-14-18-5-3-4-6-19(18)15-28(25,26)23-9-11-27-12-10-23/h3-8,13H,9-12,14-15H2,1-2H3,(H,22,24). The number of sulfonamides is 1. The van der Waals surface area contributed by atoms with Gasteiger partial charge in [0.1, 0.15) is 0 Å². The van der Waals surface area contributed by atoms with Crippen LogP contribution in [0.25, 0.3) is 0 Å². The summed E-state index contributed by atoms with van der Waals surface area (Å²) >= 11 is 0. The number of carbonyl (C=O) groups excluding carboxylic acids is 1. The molecule has 0 radical (unpaired) electrons. The minimum atomic E-state index is -3.42. The van der Waals surface area contributed by atoms with E-state index in [4.69, 9.17) is 4.74 Å². The summed E-state index contributed by atoms with van der Waals surface area (Å²) < 4.78 is 32.2. The molecule has 0 unspecified atom stereocenters. The highest BCUT2D eigenvalue weighted by atomic mass is 32.2. The fourth-order valence-electron chi connectivity index (χ4n) is 3.32. The van der Waals surface area contributed by atoms with Gasteiger partial charge in [-0.2, -0.15) is 4.31 Å². The molecular formula is C21H26N2O4S. The van der Waals surface area contributed by atoms with Crippen molar-refractivity contribution in [1.82, 2.24) is 9.62 Å². The molecule has 0 spiro atoms. The van der Waals surface area contributed by atoms with E-state index >= 15 is 0 Å². The maximum absolute atomic E-state index is 12.7. The van der Waals surface area contributed by atoms with E-state index < -0.39 is 10.0 Å². The van der Waals surface area contributed by atoms with E-state index in [1.165, 1.54) is 4.31 Å². The zero-order chi connectivity index (χ0) is 20.1. The van der Waals surface area contributed by atoms with Gasteiger partial charge in [-0.3, -0.25) is 4.79 Å². The van der Waals surface area contributed by atoms with Gasteiger partial charge in [0.25, 0.3) is 5.91 Å². The predicted octanol–water partition coefficient (Wildman–Crippen LogP) is 2.40. The largest absolute Gasteiger partial charge is 0.379 e. The van der Waals surface area contributed by atoms with Crippen LogP contribution in [0, 0.1) is 13.8 Å². The van der Waals surface area contributed by atoms with Crippen molar-refractivity contribution >= 4 is 15.9 Å². The van der Waals surface area contributed by atoms with Crippen LogP contribution >= 0.6 is 0 Å². The molecule has 28 heavy (non-hydrogen) atoms. The number of benzene rings is 2. The second kappa shape index (κ2) is 8.86. The molecule has 3 rings (SSSR count). The Hall–Kier alpha value is -2.22. The molecule has 1 fully saturated rings. The summed E-state index contributed by atoms with van der Waals surface area (Å²) in [4.78, 5) is 12.5. The molecule has 2 aromatic carbocycles. The van der Waals surface area contributed by atoms with Crippen molar-refractivity contribution in [3.8, 4) is 0 Å². The number of hydrogen-bond acceptors (Lipinski definition) is 4. The monoisotopic (exact) mass is 402 g/mol. The molecule has 0 bridgehead atoms. The molecule has 0 saturated carbocycles. The van der Waals surface area contributed by atoms with Gasteiger partial charge in [-0.05, 0) is 36.6 Å². The van der Waals surface area contributed by atoms with Crippen molar-refractivity contribution in [2.75, 3.05) is 26.3 Å². The molecule has 1 aliphatic heterocycles. The van der Waals surface area contributed by atoms with Gasteiger partial charge in [0.05, 0.1) is 19.0 Å². The van der Waals surface area contributed by atoms with E-state index in [2.05, 4.69) is 5.32 Å². The Morgan fingerprint density at radius 2 is 1.75 bits per heavy atom. The van der Waals surface area contributed by atoms with Crippen LogP contribution < -0.4 is 5.32 Å². The number of rotatable bonds is 6. The Morgan fingerprint density at radius 3 is 2.43 bits per heavy atom. The van der Waals surface area contributed by atoms with Crippen LogP contribution in [-0.2, 0) is 27.1 Å². The number of morpholine rings is 1. The quantitative estimate of drug-likeness (QED) is 0.805. The highest BCUT2D eigenvalue weighted by Gasteiger charge is 2.25. The fraction of sp³-hybridized carbons (Fsp3) is 0.381. The zero-order valence-electron chi connectivity index (χ0n) is 16.3. The molecule has 1 heterocycles. The van der Waals surface area contributed by atoms with Gasteiger partial charge < -0.3 is 10.1 Å². The molecule has 2 aromatic rings. The SMILES string of the molecule is Cc1ccc(C(=O)NCc2ccccc2CS(=O)(=O)N2CCOCC2)c(C)c1. The van der Waals surface area contributed by atoms with E-state index in [1.807, 2.05) is 50.2 Å². The van der Waals surface area contributed by atoms with Gasteiger partial charge >= 0.3 is 0 Å². The minimum Gasteiger partial charge on any atom is -0.379 e. The Labute approximate surface area is 166 Å². The maximum Gasteiger partial charge on any atom is 0.251 e. The van der Waals surface area contributed by atoms with E-state index in [-0.39, 0.29) is 18.2 Å². The summed E-state index contributed by atoms with van der Waals surface area (Å²) in [5, 5.41) is 2.91. The van der Waals surface area contributed by atoms with E-state index in [9.17, 15) is 13.2 Å². The summed E-state index contributed by atoms with van der Waals surface area (Å²) in [6, 6.07) is 13.0. The van der Waals surface area contributed by atoms with Gasteiger partial charge in [0.15, 0.2) is 0 Å². The van der Waals surface area contributed by atoms with Crippen molar-refractivity contribution in [3.63, 3.8) is 0 Å². The summed E-state index contributed by atoms with van der Waals surface area (Å²) in [6.07, 6.45) is 0. The number of ether oxygens (including phenoxy) is 1. The molecule has 1 aliphatic rings. The second-order valence-corrected chi connectivity index (χ2v) is 9.01. The average Bonchev–Trinajstić information content (AvgIpc) is 2.67. The van der Waals surface area contributed by atoms with Crippen LogP contribution in [0.1, 0.15) is 32.6 Å². The third-order valence-electron chi connectivity index (χ3n) is 4.89. The summed E-state index contributed by atoms with van der Waals surface area (Å²) in [5.41, 5.74) is 4.16. The van der Waals surface area contributed by atoms with Crippen molar-refractivity contribution in [2.24, 2.45) is 0 Å². The van der Waals surface area contributed by atoms with E-state index in [1.54, 1.807) is 6.07 Å². The minimum absolute atomic E-state index is 0.0808. The van der Waals surface area contributed by atoms with E-state index in [0.29, 0.717) is 37.4 Å². The molecule has 1 amide bonds. The van der Waals surface area contributed by atoms with Gasteiger partial charge in [0, 0.05) is 25.2 Å². The average molecular weight is 403 g/mol. The molecule has 150 valence electrons. The third kappa shape index (κ3) is 4.98. The van der Waals surface area contributed by atoms with Gasteiger partial charge in [-0.25, -0.2) is 8.42 Å². The maximum atomic E-state index is 12.7. The number of hydrogen-bond donors (Lipinski definition) is 1. The summed E-state index contributed by atoms with van der Waals surface area (Å²) in [6.45, 7) is 5.78. The number of carbonyl (C=O) groups is 1. The fourth-order valence-corrected chi connectivity index (χ4v) is 4.89. The third-order valence-corrected chi connectivity index (χ3v) is 6.71. The lowest BCUT2D eigenvalue weighted by atomic mass is 10.0. The van der Waals surface area contributed by atoms with Crippen LogP contribution in [0.15, 0.2) is 42.5 Å². The molecule has 1 saturated heterocycles. The normalized spacial score (nSPS) is 15.4. The lowest BCUT2D eigenvalue weighted by Gasteiger charge is -2.26. The topological polar surface area (TPSA) is 75.7 Å². The number of nitrogens with one attached hydrogen (secondary N) is 1. The molecule has 0 atom stereocenters. The van der Waals surface area contributed by atoms with Crippen LogP contribution in [-0.4, -0.2) is 44.9 Å². The number of amides is 1. The molecule has 1 N–H and O–H groups in total. The van der Waals surface area contributed by atoms with Gasteiger partial charge in [0.2, 0.25) is 10.0 Å². The van der Waals surface area contributed by atoms with Crippen molar-refractivity contribution in [3.05, 3.63) is 70.3 Å². The zero-order valence-corrected chi connectivity index (χ0v) is 17.1. The first-order valence-corrected chi connectivity index (χ1v) is 11.0.